The van der Waals surface area contributed by atoms with Gasteiger partial charge in [-0.1, -0.05) is 0 Å². The number of hydrogen-bond acceptors (Lipinski definition) is 5. The number of nitrogens with one attached hydrogen (secondary N) is 1. The van der Waals surface area contributed by atoms with Gasteiger partial charge in [0.25, 0.3) is 5.56 Å². The second-order valence-electron chi connectivity index (χ2n) is 4.27. The molecule has 0 amide bonds. The van der Waals surface area contributed by atoms with E-state index in [4.69, 9.17) is 5.73 Å². The standard InChI is InChI=1S/C11H18N4O2S/c12-3-1-2-9-8-13-11(16)10(14-9)15-4-6-18(17)7-5-15/h8H,1-7,12H2,(H,13,16). The van der Waals surface area contributed by atoms with Crippen molar-refractivity contribution in [2.75, 3.05) is 36.0 Å². The van der Waals surface area contributed by atoms with E-state index in [1.54, 1.807) is 6.20 Å². The Kier molecular flexibility index (Phi) is 4.48. The van der Waals surface area contributed by atoms with Gasteiger partial charge in [-0.25, -0.2) is 4.98 Å². The summed E-state index contributed by atoms with van der Waals surface area (Å²) in [6.45, 7) is 1.87. The summed E-state index contributed by atoms with van der Waals surface area (Å²) in [6.07, 6.45) is 3.26. The average molecular weight is 270 g/mol. The van der Waals surface area contributed by atoms with Crippen molar-refractivity contribution in [3.05, 3.63) is 22.2 Å². The lowest BCUT2D eigenvalue weighted by atomic mass is 10.2. The van der Waals surface area contributed by atoms with Crippen molar-refractivity contribution in [1.29, 1.82) is 0 Å². The van der Waals surface area contributed by atoms with Crippen molar-refractivity contribution in [3.63, 3.8) is 0 Å². The van der Waals surface area contributed by atoms with Gasteiger partial charge in [0.05, 0.1) is 5.69 Å². The third kappa shape index (κ3) is 3.17. The largest absolute Gasteiger partial charge is 0.350 e. The van der Waals surface area contributed by atoms with E-state index >= 15 is 0 Å². The van der Waals surface area contributed by atoms with Crippen LogP contribution in [0.2, 0.25) is 0 Å². The zero-order chi connectivity index (χ0) is 13.0. The van der Waals surface area contributed by atoms with E-state index in [9.17, 15) is 9.00 Å². The maximum absolute atomic E-state index is 11.8. The van der Waals surface area contributed by atoms with Crippen LogP contribution in [0.5, 0.6) is 0 Å². The van der Waals surface area contributed by atoms with Crippen molar-refractivity contribution < 1.29 is 4.21 Å². The summed E-state index contributed by atoms with van der Waals surface area (Å²) in [4.78, 5) is 20.8. The highest BCUT2D eigenvalue weighted by atomic mass is 32.2. The van der Waals surface area contributed by atoms with Gasteiger partial charge in [0.2, 0.25) is 0 Å². The predicted molar refractivity (Wildman–Crippen MR) is 72.3 cm³/mol. The smallest absolute Gasteiger partial charge is 0.290 e. The Hall–Kier alpha value is -1.21. The Morgan fingerprint density at radius 1 is 1.44 bits per heavy atom. The summed E-state index contributed by atoms with van der Waals surface area (Å²) in [5.74, 6) is 1.66. The lowest BCUT2D eigenvalue weighted by molar-refractivity contribution is 0.671. The summed E-state index contributed by atoms with van der Waals surface area (Å²) in [5, 5.41) is 0. The second-order valence-corrected chi connectivity index (χ2v) is 5.97. The number of aromatic nitrogens is 2. The first-order valence-electron chi connectivity index (χ1n) is 6.09. The van der Waals surface area contributed by atoms with E-state index in [2.05, 4.69) is 9.97 Å². The number of rotatable bonds is 4. The number of aryl methyl sites for hydroxylation is 1. The first kappa shape index (κ1) is 13.2. The van der Waals surface area contributed by atoms with E-state index < -0.39 is 10.8 Å². The molecule has 1 fully saturated rings. The molecule has 1 aliphatic heterocycles. The highest BCUT2D eigenvalue weighted by Gasteiger charge is 2.19. The predicted octanol–water partition coefficient (Wildman–Crippen LogP) is -0.770. The first-order valence-corrected chi connectivity index (χ1v) is 7.58. The number of nitrogens with two attached hydrogens (primary N) is 1. The Morgan fingerprint density at radius 3 is 2.83 bits per heavy atom. The zero-order valence-corrected chi connectivity index (χ0v) is 11.0. The molecule has 2 rings (SSSR count). The molecular weight excluding hydrogens is 252 g/mol. The molecule has 0 spiro atoms. The Bertz CT molecular complexity index is 478. The topological polar surface area (TPSA) is 92.1 Å². The van der Waals surface area contributed by atoms with Gasteiger partial charge in [-0.3, -0.25) is 9.00 Å². The number of H-pyrrole nitrogens is 1. The quantitative estimate of drug-likeness (QED) is 0.749. The molecule has 2 heterocycles. The molecule has 1 aromatic rings. The van der Waals surface area contributed by atoms with Gasteiger partial charge in [0.15, 0.2) is 5.82 Å². The molecule has 100 valence electrons. The van der Waals surface area contributed by atoms with Gasteiger partial charge >= 0.3 is 0 Å². The maximum Gasteiger partial charge on any atom is 0.290 e. The van der Waals surface area contributed by atoms with E-state index in [-0.39, 0.29) is 5.56 Å². The third-order valence-corrected chi connectivity index (χ3v) is 4.21. The monoisotopic (exact) mass is 270 g/mol. The summed E-state index contributed by atoms with van der Waals surface area (Å²) in [6, 6.07) is 0. The van der Waals surface area contributed by atoms with E-state index in [0.29, 0.717) is 37.0 Å². The number of anilines is 1. The zero-order valence-electron chi connectivity index (χ0n) is 10.2. The molecule has 6 nitrogen and oxygen atoms in total. The molecule has 0 aliphatic carbocycles. The minimum atomic E-state index is -0.750. The molecule has 0 saturated carbocycles. The second kappa shape index (κ2) is 6.10. The molecule has 1 saturated heterocycles. The molecule has 0 aromatic carbocycles. The highest BCUT2D eigenvalue weighted by Crippen LogP contribution is 2.09. The lowest BCUT2D eigenvalue weighted by Crippen LogP contribution is -2.41. The third-order valence-electron chi connectivity index (χ3n) is 2.94. The summed E-state index contributed by atoms with van der Waals surface area (Å²) in [7, 11) is -0.750. The van der Waals surface area contributed by atoms with Gasteiger partial charge in [0, 0.05) is 41.6 Å². The Labute approximate surface area is 108 Å². The SMILES string of the molecule is NCCCc1c[nH]c(=O)c(N2CCS(=O)CC2)n1. The van der Waals surface area contributed by atoms with Gasteiger partial charge in [-0.2, -0.15) is 0 Å². The molecule has 1 aromatic heterocycles. The first-order chi connectivity index (χ1) is 8.70. The molecule has 7 heteroatoms. The number of aromatic amines is 1. The van der Waals surface area contributed by atoms with Crippen LogP contribution in [0.1, 0.15) is 12.1 Å². The van der Waals surface area contributed by atoms with E-state index in [1.165, 1.54) is 0 Å². The van der Waals surface area contributed by atoms with Crippen molar-refractivity contribution in [2.45, 2.75) is 12.8 Å². The lowest BCUT2D eigenvalue weighted by Gasteiger charge is -2.26. The minimum absolute atomic E-state index is 0.181. The molecule has 0 bridgehead atoms. The minimum Gasteiger partial charge on any atom is -0.350 e. The maximum atomic E-state index is 11.8. The molecular formula is C11H18N4O2S. The van der Waals surface area contributed by atoms with Crippen LogP contribution in [0, 0.1) is 0 Å². The summed E-state index contributed by atoms with van der Waals surface area (Å²) >= 11 is 0. The van der Waals surface area contributed by atoms with E-state index in [1.807, 2.05) is 4.90 Å². The van der Waals surface area contributed by atoms with Gasteiger partial charge in [-0.15, -0.1) is 0 Å². The van der Waals surface area contributed by atoms with Crippen LogP contribution in [-0.2, 0) is 17.2 Å². The van der Waals surface area contributed by atoms with Crippen LogP contribution in [0.25, 0.3) is 0 Å². The fourth-order valence-electron chi connectivity index (χ4n) is 1.91. The fourth-order valence-corrected chi connectivity index (χ4v) is 2.96. The molecule has 0 unspecified atom stereocenters. The normalized spacial score (nSPS) is 17.1. The van der Waals surface area contributed by atoms with E-state index in [0.717, 1.165) is 18.5 Å². The summed E-state index contributed by atoms with van der Waals surface area (Å²) in [5.41, 5.74) is 6.13. The van der Waals surface area contributed by atoms with Gasteiger partial charge in [-0.05, 0) is 19.4 Å². The van der Waals surface area contributed by atoms with Crippen molar-refractivity contribution in [2.24, 2.45) is 5.73 Å². The molecule has 3 N–H and O–H groups in total. The average Bonchev–Trinajstić information content (AvgIpc) is 2.39. The summed E-state index contributed by atoms with van der Waals surface area (Å²) < 4.78 is 11.3. The van der Waals surface area contributed by atoms with Crippen LogP contribution in [0.3, 0.4) is 0 Å². The van der Waals surface area contributed by atoms with Crippen molar-refractivity contribution in [3.8, 4) is 0 Å². The molecule has 1 aliphatic rings. The highest BCUT2D eigenvalue weighted by molar-refractivity contribution is 7.85. The van der Waals surface area contributed by atoms with Gasteiger partial charge in [0.1, 0.15) is 0 Å². The Morgan fingerprint density at radius 2 is 2.17 bits per heavy atom. The molecule has 0 radical (unpaired) electrons. The van der Waals surface area contributed by atoms with Crippen LogP contribution in [0.15, 0.2) is 11.0 Å². The van der Waals surface area contributed by atoms with Gasteiger partial charge < -0.3 is 15.6 Å². The van der Waals surface area contributed by atoms with Crippen LogP contribution >= 0.6 is 0 Å². The fraction of sp³-hybridized carbons (Fsp3) is 0.636. The van der Waals surface area contributed by atoms with Crippen molar-refractivity contribution in [1.82, 2.24) is 9.97 Å². The van der Waals surface area contributed by atoms with Crippen molar-refractivity contribution >= 4 is 16.6 Å². The molecule has 0 atom stereocenters. The Balaban J connectivity index is 2.15. The number of hydrogen-bond donors (Lipinski definition) is 2. The van der Waals surface area contributed by atoms with Crippen LogP contribution in [0.4, 0.5) is 5.82 Å². The number of nitrogens with zero attached hydrogens (tertiary/aromatic N) is 2. The van der Waals surface area contributed by atoms with Crippen LogP contribution < -0.4 is 16.2 Å². The molecule has 18 heavy (non-hydrogen) atoms. The van der Waals surface area contributed by atoms with Crippen LogP contribution in [-0.4, -0.2) is 45.3 Å².